The van der Waals surface area contributed by atoms with Crippen LogP contribution in [0.4, 0.5) is 0 Å². The molecule has 96 valence electrons. The summed E-state index contributed by atoms with van der Waals surface area (Å²) >= 11 is 7.38. The standard InChI is InChI=1S/C14H16ClNOS/c1-2-8-16(9-7-15)14(17)12-10-18-13-6-4-3-5-11(12)13/h3-6,10H,2,7-9H2,1H3. The van der Waals surface area contributed by atoms with Crippen molar-refractivity contribution in [1.29, 1.82) is 0 Å². The SMILES string of the molecule is CCCN(CCCl)C(=O)c1csc2ccccc12. The van der Waals surface area contributed by atoms with E-state index >= 15 is 0 Å². The van der Waals surface area contributed by atoms with Crippen molar-refractivity contribution in [3.8, 4) is 0 Å². The zero-order chi connectivity index (χ0) is 13.0. The number of nitrogens with zero attached hydrogens (tertiary/aromatic N) is 1. The second-order valence-corrected chi connectivity index (χ2v) is 5.42. The lowest BCUT2D eigenvalue weighted by Gasteiger charge is -2.20. The molecule has 1 heterocycles. The van der Waals surface area contributed by atoms with Gasteiger partial charge in [-0.25, -0.2) is 0 Å². The number of fused-ring (bicyclic) bond motifs is 1. The van der Waals surface area contributed by atoms with Crippen LogP contribution >= 0.6 is 22.9 Å². The molecule has 2 rings (SSSR count). The van der Waals surface area contributed by atoms with Gasteiger partial charge in [-0.3, -0.25) is 4.79 Å². The summed E-state index contributed by atoms with van der Waals surface area (Å²) < 4.78 is 1.16. The van der Waals surface area contributed by atoms with Crippen molar-refractivity contribution in [3.05, 3.63) is 35.2 Å². The van der Waals surface area contributed by atoms with Crippen LogP contribution < -0.4 is 0 Å². The van der Waals surface area contributed by atoms with Crippen molar-refractivity contribution >= 4 is 38.9 Å². The molecule has 0 N–H and O–H groups in total. The molecule has 1 aromatic heterocycles. The van der Waals surface area contributed by atoms with Gasteiger partial charge in [-0.1, -0.05) is 25.1 Å². The van der Waals surface area contributed by atoms with Crippen molar-refractivity contribution in [2.24, 2.45) is 0 Å². The minimum absolute atomic E-state index is 0.0925. The molecule has 0 saturated heterocycles. The molecule has 0 atom stereocenters. The lowest BCUT2D eigenvalue weighted by Crippen LogP contribution is -2.33. The maximum absolute atomic E-state index is 12.5. The lowest BCUT2D eigenvalue weighted by atomic mass is 10.1. The number of hydrogen-bond donors (Lipinski definition) is 0. The second-order valence-electron chi connectivity index (χ2n) is 4.13. The van der Waals surface area contributed by atoms with Crippen LogP contribution in [-0.4, -0.2) is 29.8 Å². The van der Waals surface area contributed by atoms with E-state index in [4.69, 9.17) is 11.6 Å². The average Bonchev–Trinajstić information content (AvgIpc) is 2.81. The number of hydrogen-bond acceptors (Lipinski definition) is 2. The van der Waals surface area contributed by atoms with Crippen LogP contribution in [0.3, 0.4) is 0 Å². The molecule has 1 aromatic carbocycles. The topological polar surface area (TPSA) is 20.3 Å². The third kappa shape index (κ3) is 2.68. The molecule has 2 aromatic rings. The normalized spacial score (nSPS) is 10.8. The van der Waals surface area contributed by atoms with Gasteiger partial charge in [-0.2, -0.15) is 0 Å². The van der Waals surface area contributed by atoms with Gasteiger partial charge >= 0.3 is 0 Å². The Morgan fingerprint density at radius 2 is 2.11 bits per heavy atom. The zero-order valence-electron chi connectivity index (χ0n) is 10.4. The molecule has 0 fully saturated rings. The lowest BCUT2D eigenvalue weighted by molar-refractivity contribution is 0.0768. The number of carbonyl (C=O) groups is 1. The summed E-state index contributed by atoms with van der Waals surface area (Å²) in [6.45, 7) is 3.44. The van der Waals surface area contributed by atoms with Gasteiger partial charge in [0, 0.05) is 34.4 Å². The summed E-state index contributed by atoms with van der Waals surface area (Å²) in [5.41, 5.74) is 0.800. The quantitative estimate of drug-likeness (QED) is 0.759. The highest BCUT2D eigenvalue weighted by Gasteiger charge is 2.17. The van der Waals surface area contributed by atoms with Crippen LogP contribution in [-0.2, 0) is 0 Å². The third-order valence-corrected chi connectivity index (χ3v) is 3.98. The number of alkyl halides is 1. The molecule has 0 spiro atoms. The molecule has 4 heteroatoms. The number of rotatable bonds is 5. The minimum Gasteiger partial charge on any atom is -0.337 e. The van der Waals surface area contributed by atoms with Gasteiger partial charge in [0.05, 0.1) is 5.56 Å². The Labute approximate surface area is 116 Å². The smallest absolute Gasteiger partial charge is 0.255 e. The van der Waals surface area contributed by atoms with Crippen molar-refractivity contribution in [2.75, 3.05) is 19.0 Å². The number of thiophene rings is 1. The van der Waals surface area contributed by atoms with Gasteiger partial charge in [0.2, 0.25) is 0 Å². The summed E-state index contributed by atoms with van der Waals surface area (Å²) in [7, 11) is 0. The maximum atomic E-state index is 12.5. The van der Waals surface area contributed by atoms with E-state index in [1.807, 2.05) is 34.5 Å². The highest BCUT2D eigenvalue weighted by atomic mass is 35.5. The molecule has 0 aliphatic carbocycles. The fourth-order valence-electron chi connectivity index (χ4n) is 2.00. The Hall–Kier alpha value is -1.06. The molecule has 0 saturated carbocycles. The molecule has 2 nitrogen and oxygen atoms in total. The summed E-state index contributed by atoms with van der Waals surface area (Å²) in [6.07, 6.45) is 0.949. The zero-order valence-corrected chi connectivity index (χ0v) is 11.9. The van der Waals surface area contributed by atoms with E-state index in [-0.39, 0.29) is 5.91 Å². The molecular formula is C14H16ClNOS. The Balaban J connectivity index is 2.31. The highest BCUT2D eigenvalue weighted by molar-refractivity contribution is 7.17. The Morgan fingerprint density at radius 1 is 1.33 bits per heavy atom. The first-order valence-electron chi connectivity index (χ1n) is 6.09. The van der Waals surface area contributed by atoms with E-state index < -0.39 is 0 Å². The van der Waals surface area contributed by atoms with Gasteiger partial charge < -0.3 is 4.90 Å². The Bertz CT molecular complexity index is 531. The fraction of sp³-hybridized carbons (Fsp3) is 0.357. The monoisotopic (exact) mass is 281 g/mol. The van der Waals surface area contributed by atoms with Crippen LogP contribution in [0.15, 0.2) is 29.6 Å². The first kappa shape index (κ1) is 13.4. The van der Waals surface area contributed by atoms with Crippen molar-refractivity contribution < 1.29 is 4.79 Å². The number of halogens is 1. The maximum Gasteiger partial charge on any atom is 0.255 e. The molecule has 0 aliphatic rings. The van der Waals surface area contributed by atoms with Crippen molar-refractivity contribution in [3.63, 3.8) is 0 Å². The molecule has 0 unspecified atom stereocenters. The Morgan fingerprint density at radius 3 is 2.83 bits per heavy atom. The number of carbonyl (C=O) groups excluding carboxylic acids is 1. The predicted octanol–water partition coefficient (Wildman–Crippen LogP) is 3.99. The first-order chi connectivity index (χ1) is 8.77. The van der Waals surface area contributed by atoms with Gasteiger partial charge in [0.1, 0.15) is 0 Å². The molecular weight excluding hydrogens is 266 g/mol. The van der Waals surface area contributed by atoms with Gasteiger partial charge in [0.25, 0.3) is 5.91 Å². The van der Waals surface area contributed by atoms with E-state index in [1.54, 1.807) is 11.3 Å². The average molecular weight is 282 g/mol. The first-order valence-corrected chi connectivity index (χ1v) is 7.50. The van der Waals surface area contributed by atoms with Crippen LogP contribution in [0, 0.1) is 0 Å². The molecule has 0 aliphatic heterocycles. The van der Waals surface area contributed by atoms with Crippen LogP contribution in [0.1, 0.15) is 23.7 Å². The van der Waals surface area contributed by atoms with E-state index in [9.17, 15) is 4.79 Å². The summed E-state index contributed by atoms with van der Waals surface area (Å²) in [4.78, 5) is 14.3. The fourth-order valence-corrected chi connectivity index (χ4v) is 3.14. The highest BCUT2D eigenvalue weighted by Crippen LogP contribution is 2.26. The molecule has 0 bridgehead atoms. The third-order valence-electron chi connectivity index (χ3n) is 2.85. The van der Waals surface area contributed by atoms with E-state index in [0.717, 1.165) is 28.6 Å². The largest absolute Gasteiger partial charge is 0.337 e. The Kier molecular flexibility index (Phi) is 4.61. The number of benzene rings is 1. The van der Waals surface area contributed by atoms with Crippen molar-refractivity contribution in [2.45, 2.75) is 13.3 Å². The summed E-state index contributed by atoms with van der Waals surface area (Å²) in [5, 5.41) is 2.99. The van der Waals surface area contributed by atoms with Crippen molar-refractivity contribution in [1.82, 2.24) is 4.90 Å². The van der Waals surface area contributed by atoms with Crippen LogP contribution in [0.25, 0.3) is 10.1 Å². The molecule has 18 heavy (non-hydrogen) atoms. The number of amides is 1. The van der Waals surface area contributed by atoms with E-state index in [2.05, 4.69) is 6.92 Å². The van der Waals surface area contributed by atoms with E-state index in [1.165, 1.54) is 0 Å². The van der Waals surface area contributed by atoms with Gasteiger partial charge in [-0.15, -0.1) is 22.9 Å². The summed E-state index contributed by atoms with van der Waals surface area (Å²) in [5.74, 6) is 0.573. The minimum atomic E-state index is 0.0925. The second kappa shape index (κ2) is 6.21. The van der Waals surface area contributed by atoms with E-state index in [0.29, 0.717) is 12.4 Å². The van der Waals surface area contributed by atoms with Crippen LogP contribution in [0.5, 0.6) is 0 Å². The predicted molar refractivity (Wildman–Crippen MR) is 78.7 cm³/mol. The van der Waals surface area contributed by atoms with Gasteiger partial charge in [-0.05, 0) is 12.5 Å². The van der Waals surface area contributed by atoms with Crippen LogP contribution in [0.2, 0.25) is 0 Å². The summed E-state index contributed by atoms with van der Waals surface area (Å²) in [6, 6.07) is 8.01. The molecule has 0 radical (unpaired) electrons. The molecule has 1 amide bonds. The van der Waals surface area contributed by atoms with Gasteiger partial charge in [0.15, 0.2) is 0 Å².